The third-order valence-corrected chi connectivity index (χ3v) is 4.69. The van der Waals surface area contributed by atoms with Crippen molar-refractivity contribution >= 4 is 11.6 Å². The van der Waals surface area contributed by atoms with Crippen molar-refractivity contribution < 1.29 is 14.1 Å². The van der Waals surface area contributed by atoms with Crippen molar-refractivity contribution in [3.05, 3.63) is 83.8 Å². The number of ether oxygens (including phenoxy) is 1. The second-order valence-electron chi connectivity index (χ2n) is 6.85. The number of nitrogens with zero attached hydrogens (tertiary/aromatic N) is 4. The van der Waals surface area contributed by atoms with Crippen LogP contribution >= 0.6 is 0 Å². The van der Waals surface area contributed by atoms with Gasteiger partial charge in [-0.3, -0.25) is 4.79 Å². The summed E-state index contributed by atoms with van der Waals surface area (Å²) < 4.78 is 12.6. The highest BCUT2D eigenvalue weighted by atomic mass is 16.5. The van der Waals surface area contributed by atoms with Gasteiger partial charge in [0.05, 0.1) is 23.4 Å². The van der Waals surface area contributed by atoms with Gasteiger partial charge in [-0.2, -0.15) is 5.10 Å². The van der Waals surface area contributed by atoms with Crippen LogP contribution in [0.3, 0.4) is 0 Å². The molecule has 0 saturated heterocycles. The number of carbonyl (C=O) groups is 1. The van der Waals surface area contributed by atoms with Crippen molar-refractivity contribution in [1.82, 2.24) is 19.9 Å². The van der Waals surface area contributed by atoms with Crippen molar-refractivity contribution in [1.29, 1.82) is 0 Å². The molecule has 2 heterocycles. The summed E-state index contributed by atoms with van der Waals surface area (Å²) in [6.07, 6.45) is 3.37. The number of amides is 1. The van der Waals surface area contributed by atoms with Gasteiger partial charge < -0.3 is 14.6 Å². The molecule has 0 saturated carbocycles. The zero-order chi connectivity index (χ0) is 20.9. The Morgan fingerprint density at radius 3 is 2.50 bits per heavy atom. The monoisotopic (exact) mass is 403 g/mol. The van der Waals surface area contributed by atoms with Gasteiger partial charge in [0.1, 0.15) is 30.8 Å². The third kappa shape index (κ3) is 4.54. The first kappa shape index (κ1) is 19.4. The van der Waals surface area contributed by atoms with E-state index in [1.807, 2.05) is 62.4 Å². The second kappa shape index (κ2) is 8.60. The fourth-order valence-corrected chi connectivity index (χ4v) is 3.00. The van der Waals surface area contributed by atoms with E-state index in [1.54, 1.807) is 11.0 Å². The van der Waals surface area contributed by atoms with E-state index in [4.69, 9.17) is 9.26 Å². The maximum Gasteiger partial charge on any atom is 0.228 e. The van der Waals surface area contributed by atoms with E-state index in [1.165, 1.54) is 6.33 Å². The molecule has 2 aromatic heterocycles. The van der Waals surface area contributed by atoms with Gasteiger partial charge in [-0.1, -0.05) is 17.3 Å². The van der Waals surface area contributed by atoms with Gasteiger partial charge in [0.25, 0.3) is 0 Å². The number of benzene rings is 2. The van der Waals surface area contributed by atoms with E-state index in [0.717, 1.165) is 39.7 Å². The van der Waals surface area contributed by atoms with E-state index in [9.17, 15) is 4.79 Å². The van der Waals surface area contributed by atoms with Gasteiger partial charge in [-0.25, -0.2) is 9.67 Å². The smallest absolute Gasteiger partial charge is 0.228 e. The lowest BCUT2D eigenvalue weighted by Crippen LogP contribution is -2.14. The molecule has 0 radical (unpaired) electrons. The number of carbonyl (C=O) groups excluding carboxylic acids is 1. The normalized spacial score (nSPS) is 10.7. The van der Waals surface area contributed by atoms with E-state index in [2.05, 4.69) is 20.6 Å². The van der Waals surface area contributed by atoms with E-state index < -0.39 is 0 Å². The lowest BCUT2D eigenvalue weighted by atomic mass is 10.1. The van der Waals surface area contributed by atoms with Crippen LogP contribution in [0.4, 0.5) is 5.69 Å². The first-order valence-electron chi connectivity index (χ1n) is 9.47. The molecule has 4 rings (SSSR count). The minimum absolute atomic E-state index is 0.0899. The van der Waals surface area contributed by atoms with Crippen LogP contribution in [-0.2, 0) is 17.8 Å². The highest BCUT2D eigenvalue weighted by Gasteiger charge is 2.10. The van der Waals surface area contributed by atoms with Gasteiger partial charge in [0.2, 0.25) is 5.91 Å². The first-order valence-corrected chi connectivity index (χ1v) is 9.47. The van der Waals surface area contributed by atoms with Crippen LogP contribution in [0.15, 0.2) is 65.7 Å². The number of aromatic nitrogens is 4. The topological polar surface area (TPSA) is 95.1 Å². The summed E-state index contributed by atoms with van der Waals surface area (Å²) in [4.78, 5) is 16.3. The summed E-state index contributed by atoms with van der Waals surface area (Å²) in [7, 11) is 0. The van der Waals surface area contributed by atoms with Gasteiger partial charge in [-0.05, 0) is 55.8 Å². The molecule has 0 aliphatic carbocycles. The molecule has 0 unspecified atom stereocenters. The Bertz CT molecular complexity index is 1100. The van der Waals surface area contributed by atoms with Crippen LogP contribution < -0.4 is 10.1 Å². The Morgan fingerprint density at radius 1 is 1.10 bits per heavy atom. The highest BCUT2D eigenvalue weighted by molar-refractivity contribution is 5.92. The molecular weight excluding hydrogens is 382 g/mol. The quantitative estimate of drug-likeness (QED) is 0.506. The standard InChI is InChI=1S/C22H21N5O3/c1-15-21(16(2)30-26-15)12-29-20-9-3-17(4-10-20)11-22(28)25-18-5-7-19(8-6-18)27-14-23-13-24-27/h3-10,13-14H,11-12H2,1-2H3,(H,25,28). The average molecular weight is 403 g/mol. The molecule has 0 aliphatic heterocycles. The lowest BCUT2D eigenvalue weighted by Gasteiger charge is -2.08. The Labute approximate surface area is 173 Å². The molecule has 0 spiro atoms. The van der Waals surface area contributed by atoms with Gasteiger partial charge in [0, 0.05) is 5.69 Å². The highest BCUT2D eigenvalue weighted by Crippen LogP contribution is 2.18. The molecule has 8 nitrogen and oxygen atoms in total. The van der Waals surface area contributed by atoms with E-state index >= 15 is 0 Å². The molecule has 2 aromatic carbocycles. The Hall–Kier alpha value is -3.94. The Morgan fingerprint density at radius 2 is 1.87 bits per heavy atom. The number of rotatable bonds is 7. The Balaban J connectivity index is 1.30. The largest absolute Gasteiger partial charge is 0.489 e. The van der Waals surface area contributed by atoms with Crippen LogP contribution in [0.1, 0.15) is 22.6 Å². The summed E-state index contributed by atoms with van der Waals surface area (Å²) in [6.45, 7) is 4.15. The molecule has 4 aromatic rings. The van der Waals surface area contributed by atoms with Crippen LogP contribution in [0.5, 0.6) is 5.75 Å². The van der Waals surface area contributed by atoms with Gasteiger partial charge in [0.15, 0.2) is 0 Å². The predicted molar refractivity (Wildman–Crippen MR) is 110 cm³/mol. The lowest BCUT2D eigenvalue weighted by molar-refractivity contribution is -0.115. The van der Waals surface area contributed by atoms with Crippen LogP contribution in [0.2, 0.25) is 0 Å². The van der Waals surface area contributed by atoms with Gasteiger partial charge in [-0.15, -0.1) is 0 Å². The molecular formula is C22H21N5O3. The number of aryl methyl sites for hydroxylation is 2. The van der Waals surface area contributed by atoms with E-state index in [0.29, 0.717) is 6.61 Å². The fraction of sp³-hybridized carbons (Fsp3) is 0.182. The summed E-state index contributed by atoms with van der Waals surface area (Å²) in [5, 5.41) is 10.9. The summed E-state index contributed by atoms with van der Waals surface area (Å²) >= 11 is 0. The SMILES string of the molecule is Cc1noc(C)c1COc1ccc(CC(=O)Nc2ccc(-n3cncn3)cc2)cc1. The predicted octanol–water partition coefficient (Wildman–Crippen LogP) is 3.63. The summed E-state index contributed by atoms with van der Waals surface area (Å²) in [5.41, 5.74) is 4.28. The molecule has 0 fully saturated rings. The molecule has 0 bridgehead atoms. The molecule has 1 N–H and O–H groups in total. The van der Waals surface area contributed by atoms with E-state index in [-0.39, 0.29) is 12.3 Å². The van der Waals surface area contributed by atoms with Crippen molar-refractivity contribution in [3.8, 4) is 11.4 Å². The molecule has 0 atom stereocenters. The molecule has 1 amide bonds. The van der Waals surface area contributed by atoms with Crippen molar-refractivity contribution in [2.45, 2.75) is 26.9 Å². The number of hydrogen-bond acceptors (Lipinski definition) is 6. The number of hydrogen-bond donors (Lipinski definition) is 1. The van der Waals surface area contributed by atoms with Gasteiger partial charge >= 0.3 is 0 Å². The zero-order valence-corrected chi connectivity index (χ0v) is 16.7. The average Bonchev–Trinajstić information content (AvgIpc) is 3.39. The van der Waals surface area contributed by atoms with Crippen LogP contribution in [-0.4, -0.2) is 25.8 Å². The zero-order valence-electron chi connectivity index (χ0n) is 16.7. The number of nitrogens with one attached hydrogen (secondary N) is 1. The first-order chi connectivity index (χ1) is 14.6. The summed E-state index contributed by atoms with van der Waals surface area (Å²) in [6, 6.07) is 14.9. The maximum absolute atomic E-state index is 12.3. The fourth-order valence-electron chi connectivity index (χ4n) is 3.00. The molecule has 152 valence electrons. The van der Waals surface area contributed by atoms with Crippen molar-refractivity contribution in [2.75, 3.05) is 5.32 Å². The Kier molecular flexibility index (Phi) is 5.56. The minimum atomic E-state index is -0.0899. The number of anilines is 1. The van der Waals surface area contributed by atoms with Crippen LogP contribution in [0.25, 0.3) is 5.69 Å². The molecule has 30 heavy (non-hydrogen) atoms. The minimum Gasteiger partial charge on any atom is -0.489 e. The maximum atomic E-state index is 12.3. The summed E-state index contributed by atoms with van der Waals surface area (Å²) in [5.74, 6) is 1.39. The van der Waals surface area contributed by atoms with Crippen molar-refractivity contribution in [3.63, 3.8) is 0 Å². The van der Waals surface area contributed by atoms with Crippen molar-refractivity contribution in [2.24, 2.45) is 0 Å². The second-order valence-corrected chi connectivity index (χ2v) is 6.85. The molecule has 8 heteroatoms. The van der Waals surface area contributed by atoms with Crippen LogP contribution in [0, 0.1) is 13.8 Å². The molecule has 0 aliphatic rings. The third-order valence-electron chi connectivity index (χ3n) is 4.69.